The molecular formula is C12H17BrClNO2S. The first-order valence-corrected chi connectivity index (χ1v) is 8.79. The minimum Gasteiger partial charge on any atom is -0.211 e. The first kappa shape index (κ1) is 16.0. The van der Waals surface area contributed by atoms with E-state index in [1.807, 2.05) is 0 Å². The normalized spacial score (nSPS) is 13.5. The molecule has 18 heavy (non-hydrogen) atoms. The van der Waals surface area contributed by atoms with Crippen molar-refractivity contribution >= 4 is 37.6 Å². The lowest BCUT2D eigenvalue weighted by Gasteiger charge is -2.14. The average molecular weight is 355 g/mol. The number of nitrogens with one attached hydrogen (secondary N) is 1. The van der Waals surface area contributed by atoms with E-state index in [1.54, 1.807) is 18.2 Å². The van der Waals surface area contributed by atoms with Crippen molar-refractivity contribution in [3.8, 4) is 0 Å². The van der Waals surface area contributed by atoms with E-state index < -0.39 is 10.0 Å². The first-order valence-electron chi connectivity index (χ1n) is 5.80. The fourth-order valence-corrected chi connectivity index (χ4v) is 3.61. The van der Waals surface area contributed by atoms with Gasteiger partial charge in [0.05, 0.1) is 4.90 Å². The van der Waals surface area contributed by atoms with Crippen molar-refractivity contribution < 1.29 is 8.42 Å². The lowest BCUT2D eigenvalue weighted by Crippen LogP contribution is -2.29. The van der Waals surface area contributed by atoms with Gasteiger partial charge in [0, 0.05) is 16.9 Å². The molecule has 1 rings (SSSR count). The van der Waals surface area contributed by atoms with Gasteiger partial charge in [-0.05, 0) is 30.5 Å². The highest BCUT2D eigenvalue weighted by Crippen LogP contribution is 2.16. The summed E-state index contributed by atoms with van der Waals surface area (Å²) >= 11 is 9.16. The standard InChI is InChI=1S/C12H17BrClNO2S/c1-2-10(6-7-13)9-15-18(16,17)12-5-3-4-11(14)8-12/h3-5,8,10,15H,2,6-7,9H2,1H3. The van der Waals surface area contributed by atoms with E-state index in [0.29, 0.717) is 17.5 Å². The van der Waals surface area contributed by atoms with E-state index in [-0.39, 0.29) is 4.90 Å². The second-order valence-corrected chi connectivity index (χ2v) is 7.06. The van der Waals surface area contributed by atoms with Crippen LogP contribution in [0.1, 0.15) is 19.8 Å². The van der Waals surface area contributed by atoms with E-state index >= 15 is 0 Å². The van der Waals surface area contributed by atoms with Crippen molar-refractivity contribution in [1.82, 2.24) is 4.72 Å². The van der Waals surface area contributed by atoms with Crippen molar-refractivity contribution in [2.24, 2.45) is 5.92 Å². The van der Waals surface area contributed by atoms with Crippen LogP contribution in [0.15, 0.2) is 29.2 Å². The van der Waals surface area contributed by atoms with Gasteiger partial charge in [-0.1, -0.05) is 46.9 Å². The van der Waals surface area contributed by atoms with E-state index in [1.165, 1.54) is 6.07 Å². The minimum atomic E-state index is -3.46. The molecule has 1 atom stereocenters. The molecule has 0 spiro atoms. The molecule has 0 saturated carbocycles. The van der Waals surface area contributed by atoms with Crippen molar-refractivity contribution in [2.75, 3.05) is 11.9 Å². The summed E-state index contributed by atoms with van der Waals surface area (Å²) < 4.78 is 26.7. The quantitative estimate of drug-likeness (QED) is 0.763. The summed E-state index contributed by atoms with van der Waals surface area (Å²) in [7, 11) is -3.46. The second-order valence-electron chi connectivity index (χ2n) is 4.06. The number of hydrogen-bond acceptors (Lipinski definition) is 2. The summed E-state index contributed by atoms with van der Waals surface area (Å²) in [6.07, 6.45) is 1.90. The Morgan fingerprint density at radius 3 is 2.72 bits per heavy atom. The van der Waals surface area contributed by atoms with E-state index in [0.717, 1.165) is 18.2 Å². The third-order valence-electron chi connectivity index (χ3n) is 2.76. The zero-order valence-corrected chi connectivity index (χ0v) is 13.4. The number of halogens is 2. The predicted octanol–water partition coefficient (Wildman–Crippen LogP) is 3.43. The molecule has 0 heterocycles. The van der Waals surface area contributed by atoms with Crippen molar-refractivity contribution in [3.05, 3.63) is 29.3 Å². The van der Waals surface area contributed by atoms with Crippen LogP contribution >= 0.6 is 27.5 Å². The molecule has 0 aliphatic rings. The number of rotatable bonds is 7. The van der Waals surface area contributed by atoms with Gasteiger partial charge < -0.3 is 0 Å². The fourth-order valence-electron chi connectivity index (χ4n) is 1.55. The Balaban J connectivity index is 2.70. The molecular weight excluding hydrogens is 338 g/mol. The molecule has 0 fully saturated rings. The third kappa shape index (κ3) is 4.88. The van der Waals surface area contributed by atoms with Crippen LogP contribution in [-0.4, -0.2) is 20.3 Å². The maximum absolute atomic E-state index is 12.0. The molecule has 1 unspecified atom stereocenters. The molecule has 3 nitrogen and oxygen atoms in total. The average Bonchev–Trinajstić information content (AvgIpc) is 2.34. The van der Waals surface area contributed by atoms with Gasteiger partial charge in [-0.25, -0.2) is 13.1 Å². The molecule has 0 saturated heterocycles. The molecule has 0 aliphatic carbocycles. The van der Waals surface area contributed by atoms with Gasteiger partial charge in [0.25, 0.3) is 0 Å². The summed E-state index contributed by atoms with van der Waals surface area (Å²) in [6, 6.07) is 6.28. The van der Waals surface area contributed by atoms with Gasteiger partial charge in [0.15, 0.2) is 0 Å². The highest BCUT2D eigenvalue weighted by Gasteiger charge is 2.16. The Labute approximate surface area is 122 Å². The molecule has 0 radical (unpaired) electrons. The van der Waals surface area contributed by atoms with Crippen LogP contribution in [0.3, 0.4) is 0 Å². The lowest BCUT2D eigenvalue weighted by molar-refractivity contribution is 0.483. The summed E-state index contributed by atoms with van der Waals surface area (Å²) in [6.45, 7) is 2.51. The minimum absolute atomic E-state index is 0.212. The Hall–Kier alpha value is -0.100. The van der Waals surface area contributed by atoms with Gasteiger partial charge in [-0.15, -0.1) is 0 Å². The van der Waals surface area contributed by atoms with E-state index in [2.05, 4.69) is 27.6 Å². The van der Waals surface area contributed by atoms with Crippen LogP contribution < -0.4 is 4.72 Å². The number of hydrogen-bond donors (Lipinski definition) is 1. The zero-order valence-electron chi connectivity index (χ0n) is 10.2. The van der Waals surface area contributed by atoms with Crippen LogP contribution in [0.2, 0.25) is 5.02 Å². The molecule has 1 aromatic rings. The summed E-state index contributed by atoms with van der Waals surface area (Å²) in [5.41, 5.74) is 0. The smallest absolute Gasteiger partial charge is 0.211 e. The van der Waals surface area contributed by atoms with Gasteiger partial charge in [0.2, 0.25) is 10.0 Å². The Morgan fingerprint density at radius 2 is 2.17 bits per heavy atom. The van der Waals surface area contributed by atoms with Gasteiger partial charge in [-0.2, -0.15) is 0 Å². The lowest BCUT2D eigenvalue weighted by atomic mass is 10.0. The number of benzene rings is 1. The van der Waals surface area contributed by atoms with Crippen molar-refractivity contribution in [2.45, 2.75) is 24.7 Å². The second kappa shape index (κ2) is 7.48. The molecule has 0 bridgehead atoms. The fraction of sp³-hybridized carbons (Fsp3) is 0.500. The highest BCUT2D eigenvalue weighted by atomic mass is 79.9. The van der Waals surface area contributed by atoms with Crippen LogP contribution in [0, 0.1) is 5.92 Å². The Bertz CT molecular complexity index is 479. The SMILES string of the molecule is CCC(CCBr)CNS(=O)(=O)c1cccc(Cl)c1. The summed E-state index contributed by atoms with van der Waals surface area (Å²) in [5, 5.41) is 1.30. The van der Waals surface area contributed by atoms with Crippen LogP contribution in [-0.2, 0) is 10.0 Å². The molecule has 0 aliphatic heterocycles. The molecule has 6 heteroatoms. The topological polar surface area (TPSA) is 46.2 Å². The Kier molecular flexibility index (Phi) is 6.63. The zero-order chi connectivity index (χ0) is 13.6. The number of alkyl halides is 1. The van der Waals surface area contributed by atoms with Crippen LogP contribution in [0.5, 0.6) is 0 Å². The first-order chi connectivity index (χ1) is 8.49. The predicted molar refractivity (Wildman–Crippen MR) is 78.8 cm³/mol. The number of sulfonamides is 1. The maximum Gasteiger partial charge on any atom is 0.240 e. The van der Waals surface area contributed by atoms with Gasteiger partial charge in [-0.3, -0.25) is 0 Å². The maximum atomic E-state index is 12.0. The Morgan fingerprint density at radius 1 is 1.44 bits per heavy atom. The molecule has 1 N–H and O–H groups in total. The highest BCUT2D eigenvalue weighted by molar-refractivity contribution is 9.09. The molecule has 102 valence electrons. The van der Waals surface area contributed by atoms with Crippen LogP contribution in [0.4, 0.5) is 0 Å². The van der Waals surface area contributed by atoms with Crippen molar-refractivity contribution in [1.29, 1.82) is 0 Å². The van der Waals surface area contributed by atoms with E-state index in [4.69, 9.17) is 11.6 Å². The molecule has 1 aromatic carbocycles. The van der Waals surface area contributed by atoms with Crippen LogP contribution in [0.25, 0.3) is 0 Å². The summed E-state index contributed by atoms with van der Waals surface area (Å²) in [5.74, 6) is 0.346. The molecule has 0 amide bonds. The van der Waals surface area contributed by atoms with E-state index in [9.17, 15) is 8.42 Å². The molecule has 0 aromatic heterocycles. The van der Waals surface area contributed by atoms with Gasteiger partial charge >= 0.3 is 0 Å². The monoisotopic (exact) mass is 353 g/mol. The largest absolute Gasteiger partial charge is 0.240 e. The van der Waals surface area contributed by atoms with Gasteiger partial charge in [0.1, 0.15) is 0 Å². The summed E-state index contributed by atoms with van der Waals surface area (Å²) in [4.78, 5) is 0.212. The van der Waals surface area contributed by atoms with Crippen molar-refractivity contribution in [3.63, 3.8) is 0 Å². The third-order valence-corrected chi connectivity index (χ3v) is 4.88.